The largest absolute Gasteiger partial charge is 0.491 e. The monoisotopic (exact) mass is 340 g/mol. The van der Waals surface area contributed by atoms with Crippen LogP contribution >= 0.6 is 0 Å². The van der Waals surface area contributed by atoms with Crippen molar-refractivity contribution in [2.75, 3.05) is 32.1 Å². The number of carbonyl (C=O) groups excluding carboxylic acids is 1. The van der Waals surface area contributed by atoms with E-state index in [0.717, 1.165) is 17.0 Å². The van der Waals surface area contributed by atoms with Gasteiger partial charge in [-0.1, -0.05) is 18.2 Å². The number of fused-ring (bicyclic) bond motifs is 1. The first-order valence-electron chi connectivity index (χ1n) is 8.48. The average Bonchev–Trinajstić information content (AvgIpc) is 2.83. The predicted molar refractivity (Wildman–Crippen MR) is 98.2 cm³/mol. The molecule has 25 heavy (non-hydrogen) atoms. The van der Waals surface area contributed by atoms with E-state index in [1.54, 1.807) is 11.8 Å². The molecule has 1 unspecified atom stereocenters. The number of hydrogen-bond donors (Lipinski definition) is 0. The maximum absolute atomic E-state index is 12.8. The van der Waals surface area contributed by atoms with Crippen molar-refractivity contribution in [2.45, 2.75) is 19.6 Å². The number of carbonyl (C=O) groups is 1. The molecular formula is C20H24N2O3. The van der Waals surface area contributed by atoms with Gasteiger partial charge in [-0.25, -0.2) is 0 Å². The van der Waals surface area contributed by atoms with Gasteiger partial charge in [0.1, 0.15) is 18.1 Å². The SMILES string of the molecule is CC(Oc1ccccc1)C(=O)N1CCOc2ccc(N(C)C)cc2C1. The van der Waals surface area contributed by atoms with E-state index in [9.17, 15) is 4.79 Å². The van der Waals surface area contributed by atoms with Gasteiger partial charge in [-0.3, -0.25) is 4.79 Å². The Morgan fingerprint density at radius 3 is 2.68 bits per heavy atom. The zero-order valence-electron chi connectivity index (χ0n) is 14.9. The molecule has 0 saturated heterocycles. The molecular weight excluding hydrogens is 316 g/mol. The molecule has 1 aliphatic rings. The van der Waals surface area contributed by atoms with Crippen LogP contribution in [0.1, 0.15) is 12.5 Å². The molecule has 1 atom stereocenters. The van der Waals surface area contributed by atoms with Crippen molar-refractivity contribution >= 4 is 11.6 Å². The first-order valence-corrected chi connectivity index (χ1v) is 8.48. The van der Waals surface area contributed by atoms with Gasteiger partial charge >= 0.3 is 0 Å². The highest BCUT2D eigenvalue weighted by Crippen LogP contribution is 2.28. The summed E-state index contributed by atoms with van der Waals surface area (Å²) in [4.78, 5) is 16.7. The Kier molecular flexibility index (Phi) is 5.12. The molecule has 0 radical (unpaired) electrons. The van der Waals surface area contributed by atoms with Crippen LogP contribution in [0, 0.1) is 0 Å². The lowest BCUT2D eigenvalue weighted by atomic mass is 10.1. The summed E-state index contributed by atoms with van der Waals surface area (Å²) in [6, 6.07) is 15.5. The highest BCUT2D eigenvalue weighted by Gasteiger charge is 2.25. The van der Waals surface area contributed by atoms with Gasteiger partial charge in [-0.15, -0.1) is 0 Å². The highest BCUT2D eigenvalue weighted by molar-refractivity contribution is 5.81. The van der Waals surface area contributed by atoms with Gasteiger partial charge in [-0.05, 0) is 37.3 Å². The lowest BCUT2D eigenvalue weighted by Gasteiger charge is -2.24. The lowest BCUT2D eigenvalue weighted by Crippen LogP contribution is -2.41. The van der Waals surface area contributed by atoms with Crippen LogP contribution < -0.4 is 14.4 Å². The maximum Gasteiger partial charge on any atom is 0.263 e. The van der Waals surface area contributed by atoms with Gasteiger partial charge in [0.2, 0.25) is 0 Å². The van der Waals surface area contributed by atoms with Gasteiger partial charge in [0, 0.05) is 31.9 Å². The fourth-order valence-corrected chi connectivity index (χ4v) is 2.86. The Hall–Kier alpha value is -2.69. The second kappa shape index (κ2) is 7.47. The quantitative estimate of drug-likeness (QED) is 0.858. The third kappa shape index (κ3) is 4.05. The summed E-state index contributed by atoms with van der Waals surface area (Å²) in [6.07, 6.45) is -0.541. The second-order valence-corrected chi connectivity index (χ2v) is 6.37. The fraction of sp³-hybridized carbons (Fsp3) is 0.350. The van der Waals surface area contributed by atoms with Gasteiger partial charge in [-0.2, -0.15) is 0 Å². The van der Waals surface area contributed by atoms with Crippen LogP contribution in [0.5, 0.6) is 11.5 Å². The van der Waals surface area contributed by atoms with Crippen LogP contribution in [-0.4, -0.2) is 44.2 Å². The Bertz CT molecular complexity index is 731. The van der Waals surface area contributed by atoms with Crippen molar-refractivity contribution in [3.8, 4) is 11.5 Å². The fourth-order valence-electron chi connectivity index (χ4n) is 2.86. The number of amides is 1. The van der Waals surface area contributed by atoms with Crippen LogP contribution in [0.2, 0.25) is 0 Å². The minimum Gasteiger partial charge on any atom is -0.491 e. The van der Waals surface area contributed by atoms with Crippen LogP contribution in [-0.2, 0) is 11.3 Å². The number of anilines is 1. The van der Waals surface area contributed by atoms with Crippen molar-refractivity contribution < 1.29 is 14.3 Å². The Balaban J connectivity index is 1.74. The van der Waals surface area contributed by atoms with Gasteiger partial charge < -0.3 is 19.3 Å². The molecule has 0 N–H and O–H groups in total. The summed E-state index contributed by atoms with van der Waals surface area (Å²) in [5.41, 5.74) is 2.11. The van der Waals surface area contributed by atoms with Crippen molar-refractivity contribution in [1.29, 1.82) is 0 Å². The smallest absolute Gasteiger partial charge is 0.263 e. The predicted octanol–water partition coefficient (Wildman–Crippen LogP) is 2.94. The normalized spacial score (nSPS) is 14.8. The summed E-state index contributed by atoms with van der Waals surface area (Å²) in [5.74, 6) is 1.51. The summed E-state index contributed by atoms with van der Waals surface area (Å²) >= 11 is 0. The van der Waals surface area contributed by atoms with Crippen molar-refractivity contribution in [1.82, 2.24) is 4.90 Å². The number of nitrogens with zero attached hydrogens (tertiary/aromatic N) is 2. The molecule has 0 fully saturated rings. The molecule has 0 saturated carbocycles. The minimum atomic E-state index is -0.541. The van der Waals surface area contributed by atoms with Crippen LogP contribution in [0.3, 0.4) is 0 Å². The van der Waals surface area contributed by atoms with E-state index in [2.05, 4.69) is 6.07 Å². The molecule has 0 aliphatic carbocycles. The second-order valence-electron chi connectivity index (χ2n) is 6.37. The molecule has 132 valence electrons. The standard InChI is InChI=1S/C20H24N2O3/c1-15(25-18-7-5-4-6-8-18)20(23)22-11-12-24-19-10-9-17(21(2)3)13-16(19)14-22/h4-10,13,15H,11-12,14H2,1-3H3. The average molecular weight is 340 g/mol. The molecule has 0 aromatic heterocycles. The third-order valence-corrected chi connectivity index (χ3v) is 4.26. The number of ether oxygens (including phenoxy) is 2. The first kappa shape index (κ1) is 17.1. The van der Waals surface area contributed by atoms with E-state index in [4.69, 9.17) is 9.47 Å². The Morgan fingerprint density at radius 1 is 1.20 bits per heavy atom. The molecule has 2 aromatic carbocycles. The van der Waals surface area contributed by atoms with Crippen molar-refractivity contribution in [3.63, 3.8) is 0 Å². The summed E-state index contributed by atoms with van der Waals surface area (Å²) in [7, 11) is 4.00. The van der Waals surface area contributed by atoms with Gasteiger partial charge in [0.15, 0.2) is 6.10 Å². The molecule has 0 spiro atoms. The van der Waals surface area contributed by atoms with Crippen LogP contribution in [0.4, 0.5) is 5.69 Å². The molecule has 3 rings (SSSR count). The van der Waals surface area contributed by atoms with Crippen LogP contribution in [0.25, 0.3) is 0 Å². The van der Waals surface area contributed by atoms with E-state index < -0.39 is 6.10 Å². The molecule has 5 heteroatoms. The molecule has 1 heterocycles. The summed E-state index contributed by atoms with van der Waals surface area (Å²) in [5, 5.41) is 0. The number of benzene rings is 2. The van der Waals surface area contributed by atoms with E-state index in [-0.39, 0.29) is 5.91 Å². The van der Waals surface area contributed by atoms with Crippen LogP contribution in [0.15, 0.2) is 48.5 Å². The minimum absolute atomic E-state index is 0.0319. The zero-order valence-corrected chi connectivity index (χ0v) is 14.9. The maximum atomic E-state index is 12.8. The lowest BCUT2D eigenvalue weighted by molar-refractivity contribution is -0.138. The number of para-hydroxylation sites is 1. The molecule has 5 nitrogen and oxygen atoms in total. The van der Waals surface area contributed by atoms with Crippen molar-refractivity contribution in [2.24, 2.45) is 0 Å². The first-order chi connectivity index (χ1) is 12.0. The molecule has 0 bridgehead atoms. The van der Waals surface area contributed by atoms with Crippen molar-refractivity contribution in [3.05, 3.63) is 54.1 Å². The van der Waals surface area contributed by atoms with Gasteiger partial charge in [0.25, 0.3) is 5.91 Å². The molecule has 2 aromatic rings. The molecule has 1 aliphatic heterocycles. The van der Waals surface area contributed by atoms with E-state index in [1.165, 1.54) is 0 Å². The highest BCUT2D eigenvalue weighted by atomic mass is 16.5. The van der Waals surface area contributed by atoms with E-state index in [1.807, 2.05) is 61.5 Å². The molecule has 1 amide bonds. The van der Waals surface area contributed by atoms with E-state index >= 15 is 0 Å². The zero-order chi connectivity index (χ0) is 17.8. The Morgan fingerprint density at radius 2 is 1.96 bits per heavy atom. The van der Waals surface area contributed by atoms with E-state index in [0.29, 0.717) is 25.4 Å². The van der Waals surface area contributed by atoms with Gasteiger partial charge in [0.05, 0.1) is 6.54 Å². The number of hydrogen-bond acceptors (Lipinski definition) is 4. The summed E-state index contributed by atoms with van der Waals surface area (Å²) in [6.45, 7) is 3.35. The number of rotatable bonds is 4. The topological polar surface area (TPSA) is 42.0 Å². The summed E-state index contributed by atoms with van der Waals surface area (Å²) < 4.78 is 11.6. The third-order valence-electron chi connectivity index (χ3n) is 4.26. The Labute approximate surface area is 148 Å².